The highest BCUT2D eigenvalue weighted by Gasteiger charge is 2.41. The van der Waals surface area contributed by atoms with Crippen molar-refractivity contribution in [1.82, 2.24) is 0 Å². The fourth-order valence-electron chi connectivity index (χ4n) is 1.64. The van der Waals surface area contributed by atoms with Gasteiger partial charge in [0.05, 0.1) is 18.1 Å². The van der Waals surface area contributed by atoms with Crippen LogP contribution in [0.25, 0.3) is 0 Å². The van der Waals surface area contributed by atoms with Crippen molar-refractivity contribution in [3.05, 3.63) is 0 Å². The van der Waals surface area contributed by atoms with Gasteiger partial charge in [-0.05, 0) is 19.3 Å². The fourth-order valence-corrected chi connectivity index (χ4v) is 1.64. The van der Waals surface area contributed by atoms with E-state index in [0.717, 1.165) is 12.7 Å². The maximum absolute atomic E-state index is 10.9. The van der Waals surface area contributed by atoms with Crippen molar-refractivity contribution < 1.29 is 14.6 Å². The van der Waals surface area contributed by atoms with Gasteiger partial charge in [0, 0.05) is 6.61 Å². The molecule has 3 unspecified atom stereocenters. The maximum atomic E-state index is 10.9. The van der Waals surface area contributed by atoms with Crippen molar-refractivity contribution in [2.24, 2.45) is 11.3 Å². The molecule has 3 nitrogen and oxygen atoms in total. The van der Waals surface area contributed by atoms with E-state index in [1.807, 2.05) is 6.92 Å². The van der Waals surface area contributed by atoms with E-state index in [1.165, 1.54) is 0 Å². The van der Waals surface area contributed by atoms with Crippen LogP contribution >= 0.6 is 0 Å². The third-order valence-electron chi connectivity index (χ3n) is 2.95. The Hall–Kier alpha value is -0.410. The molecule has 1 saturated heterocycles. The number of carbonyl (C=O) groups excluding carboxylic acids is 1. The summed E-state index contributed by atoms with van der Waals surface area (Å²) in [7, 11) is 0. The fraction of sp³-hybridized carbons (Fsp3) is 0.889. The van der Waals surface area contributed by atoms with Gasteiger partial charge in [-0.1, -0.05) is 6.92 Å². The van der Waals surface area contributed by atoms with Crippen molar-refractivity contribution in [2.45, 2.75) is 26.4 Å². The van der Waals surface area contributed by atoms with Crippen molar-refractivity contribution in [3.8, 4) is 0 Å². The Balaban J connectivity index is 2.71. The van der Waals surface area contributed by atoms with Crippen LogP contribution in [0.1, 0.15) is 20.3 Å². The van der Waals surface area contributed by atoms with Gasteiger partial charge < -0.3 is 14.6 Å². The van der Waals surface area contributed by atoms with Gasteiger partial charge in [-0.3, -0.25) is 0 Å². The summed E-state index contributed by atoms with van der Waals surface area (Å²) in [5, 5.41) is 9.36. The summed E-state index contributed by atoms with van der Waals surface area (Å²) < 4.78 is 5.18. The molecule has 3 atom stereocenters. The Morgan fingerprint density at radius 3 is 2.58 bits per heavy atom. The standard InChI is InChI=1S/C9H16O3/c1-7(8(2)11)9(5-10)3-4-12-6-9/h5,7-8,11H,3-4,6H2,1-2H3. The smallest absolute Gasteiger partial charge is 0.128 e. The van der Waals surface area contributed by atoms with Crippen LogP contribution in [0.4, 0.5) is 0 Å². The van der Waals surface area contributed by atoms with Crippen molar-refractivity contribution in [2.75, 3.05) is 13.2 Å². The lowest BCUT2D eigenvalue weighted by atomic mass is 9.74. The van der Waals surface area contributed by atoms with Crippen LogP contribution in [0, 0.1) is 11.3 Å². The Morgan fingerprint density at radius 1 is 1.58 bits per heavy atom. The van der Waals surface area contributed by atoms with Crippen LogP contribution in [0.3, 0.4) is 0 Å². The first-order valence-corrected chi connectivity index (χ1v) is 4.34. The number of ether oxygens (including phenoxy) is 1. The summed E-state index contributed by atoms with van der Waals surface area (Å²) in [6, 6.07) is 0. The van der Waals surface area contributed by atoms with E-state index in [2.05, 4.69) is 0 Å². The molecule has 0 aliphatic carbocycles. The first-order valence-electron chi connectivity index (χ1n) is 4.34. The molecule has 0 aromatic rings. The third kappa shape index (κ3) is 1.52. The molecule has 1 aliphatic heterocycles. The van der Waals surface area contributed by atoms with E-state index in [9.17, 15) is 9.90 Å². The van der Waals surface area contributed by atoms with E-state index >= 15 is 0 Å². The van der Waals surface area contributed by atoms with E-state index < -0.39 is 11.5 Å². The molecule has 1 heterocycles. The zero-order valence-corrected chi connectivity index (χ0v) is 7.62. The number of aldehydes is 1. The number of aliphatic hydroxyl groups excluding tert-OH is 1. The summed E-state index contributed by atoms with van der Waals surface area (Å²) in [6.45, 7) is 4.71. The summed E-state index contributed by atoms with van der Waals surface area (Å²) in [5.41, 5.74) is -0.436. The van der Waals surface area contributed by atoms with Gasteiger partial charge in [-0.15, -0.1) is 0 Å². The normalized spacial score (nSPS) is 34.6. The quantitative estimate of drug-likeness (QED) is 0.634. The maximum Gasteiger partial charge on any atom is 0.128 e. The SMILES string of the molecule is CC(O)C(C)C1(C=O)CCOC1. The van der Waals surface area contributed by atoms with E-state index in [0.29, 0.717) is 13.2 Å². The third-order valence-corrected chi connectivity index (χ3v) is 2.95. The molecular weight excluding hydrogens is 156 g/mol. The van der Waals surface area contributed by atoms with Gasteiger partial charge >= 0.3 is 0 Å². The molecule has 0 spiro atoms. The van der Waals surface area contributed by atoms with Crippen LogP contribution in [0.2, 0.25) is 0 Å². The Kier molecular flexibility index (Phi) is 2.85. The Bertz CT molecular complexity index is 159. The number of aliphatic hydroxyl groups is 1. The van der Waals surface area contributed by atoms with Crippen LogP contribution in [0.5, 0.6) is 0 Å². The zero-order chi connectivity index (χ0) is 9.19. The van der Waals surface area contributed by atoms with Gasteiger partial charge in [-0.2, -0.15) is 0 Å². The topological polar surface area (TPSA) is 46.5 Å². The number of rotatable bonds is 3. The predicted octanol–water partition coefficient (Wildman–Crippen LogP) is 0.609. The molecule has 1 aliphatic rings. The highest BCUT2D eigenvalue weighted by atomic mass is 16.5. The summed E-state index contributed by atoms with van der Waals surface area (Å²) in [6.07, 6.45) is 1.23. The Labute approximate surface area is 72.7 Å². The molecule has 0 bridgehead atoms. The molecule has 3 heteroatoms. The molecular formula is C9H16O3. The minimum absolute atomic E-state index is 0.0162. The number of hydrogen-bond acceptors (Lipinski definition) is 3. The number of carbonyl (C=O) groups is 1. The first kappa shape index (κ1) is 9.68. The molecule has 0 amide bonds. The van der Waals surface area contributed by atoms with Gasteiger partial charge in [-0.25, -0.2) is 0 Å². The average Bonchev–Trinajstić information content (AvgIpc) is 2.52. The predicted molar refractivity (Wildman–Crippen MR) is 44.8 cm³/mol. The van der Waals surface area contributed by atoms with E-state index in [1.54, 1.807) is 6.92 Å². The summed E-state index contributed by atoms with van der Waals surface area (Å²) in [5.74, 6) is -0.0162. The number of hydrogen-bond donors (Lipinski definition) is 1. The monoisotopic (exact) mass is 172 g/mol. The van der Waals surface area contributed by atoms with Crippen molar-refractivity contribution in [3.63, 3.8) is 0 Å². The van der Waals surface area contributed by atoms with Crippen molar-refractivity contribution >= 4 is 6.29 Å². The molecule has 12 heavy (non-hydrogen) atoms. The molecule has 1 N–H and O–H groups in total. The highest BCUT2D eigenvalue weighted by molar-refractivity contribution is 5.60. The molecule has 0 aromatic heterocycles. The lowest BCUT2D eigenvalue weighted by Gasteiger charge is -2.30. The van der Waals surface area contributed by atoms with Gasteiger partial charge in [0.15, 0.2) is 0 Å². The largest absolute Gasteiger partial charge is 0.393 e. The van der Waals surface area contributed by atoms with E-state index in [-0.39, 0.29) is 5.92 Å². The van der Waals surface area contributed by atoms with E-state index in [4.69, 9.17) is 4.74 Å². The van der Waals surface area contributed by atoms with Gasteiger partial charge in [0.1, 0.15) is 6.29 Å². The van der Waals surface area contributed by atoms with Crippen molar-refractivity contribution in [1.29, 1.82) is 0 Å². The van der Waals surface area contributed by atoms with Gasteiger partial charge in [0.2, 0.25) is 0 Å². The highest BCUT2D eigenvalue weighted by Crippen LogP contribution is 2.36. The lowest BCUT2D eigenvalue weighted by molar-refractivity contribution is -0.121. The summed E-state index contributed by atoms with van der Waals surface area (Å²) >= 11 is 0. The first-order chi connectivity index (χ1) is 5.62. The molecule has 0 aromatic carbocycles. The van der Waals surface area contributed by atoms with Crippen LogP contribution < -0.4 is 0 Å². The van der Waals surface area contributed by atoms with Crippen LogP contribution in [0.15, 0.2) is 0 Å². The zero-order valence-electron chi connectivity index (χ0n) is 7.62. The molecule has 0 saturated carbocycles. The molecule has 70 valence electrons. The minimum atomic E-state index is -0.447. The second-order valence-electron chi connectivity index (χ2n) is 3.68. The second kappa shape index (κ2) is 3.54. The van der Waals surface area contributed by atoms with Crippen LogP contribution in [-0.2, 0) is 9.53 Å². The van der Waals surface area contributed by atoms with Crippen LogP contribution in [-0.4, -0.2) is 30.7 Å². The van der Waals surface area contributed by atoms with Gasteiger partial charge in [0.25, 0.3) is 0 Å². The molecule has 1 rings (SSSR count). The minimum Gasteiger partial charge on any atom is -0.393 e. The summed E-state index contributed by atoms with van der Waals surface area (Å²) in [4.78, 5) is 10.9. The Morgan fingerprint density at radius 2 is 2.25 bits per heavy atom. The molecule has 1 fully saturated rings. The lowest BCUT2D eigenvalue weighted by Crippen LogP contribution is -2.37. The second-order valence-corrected chi connectivity index (χ2v) is 3.68. The average molecular weight is 172 g/mol. The molecule has 0 radical (unpaired) electrons.